The molecule has 1 saturated heterocycles. The van der Waals surface area contributed by atoms with Crippen molar-refractivity contribution in [2.75, 3.05) is 19.6 Å². The molecule has 0 radical (unpaired) electrons. The molecule has 0 spiro atoms. The van der Waals surface area contributed by atoms with E-state index in [9.17, 15) is 0 Å². The first-order valence-electron chi connectivity index (χ1n) is 8.29. The fourth-order valence-corrected chi connectivity index (χ4v) is 3.97. The summed E-state index contributed by atoms with van der Waals surface area (Å²) in [4.78, 5) is 2.81. The zero-order chi connectivity index (χ0) is 12.8. The maximum Gasteiger partial charge on any atom is 0.0195 e. The van der Waals surface area contributed by atoms with Gasteiger partial charge in [0.15, 0.2) is 0 Å². The Morgan fingerprint density at radius 3 is 2.83 bits per heavy atom. The summed E-state index contributed by atoms with van der Waals surface area (Å²) in [6.45, 7) is 8.44. The minimum atomic E-state index is 0.734. The third-order valence-electron chi connectivity index (χ3n) is 5.00. The highest BCUT2D eigenvalue weighted by atomic mass is 15.2. The summed E-state index contributed by atoms with van der Waals surface area (Å²) >= 11 is 0. The van der Waals surface area contributed by atoms with E-state index in [0.717, 1.165) is 18.0 Å². The lowest BCUT2D eigenvalue weighted by molar-refractivity contribution is 0.0744. The highest BCUT2D eigenvalue weighted by Gasteiger charge is 2.36. The first-order chi connectivity index (χ1) is 8.83. The molecular weight excluding hydrogens is 220 g/mol. The largest absolute Gasteiger partial charge is 0.315 e. The van der Waals surface area contributed by atoms with Crippen LogP contribution in [0.1, 0.15) is 65.2 Å². The fraction of sp³-hybridized carbons (Fsp3) is 1.00. The lowest BCUT2D eigenvalue weighted by Crippen LogP contribution is -2.50. The van der Waals surface area contributed by atoms with Gasteiger partial charge in [-0.05, 0) is 58.0 Å². The Hall–Kier alpha value is -0.0800. The average molecular weight is 252 g/mol. The molecule has 2 heteroatoms. The first-order valence-corrected chi connectivity index (χ1v) is 8.29. The SMILES string of the molecule is CCCCCNCC(C)N1CCCC2CCCC21. The van der Waals surface area contributed by atoms with Crippen LogP contribution in [-0.4, -0.2) is 36.6 Å². The Balaban J connectivity index is 1.69. The van der Waals surface area contributed by atoms with Crippen LogP contribution in [0.15, 0.2) is 0 Å². The summed E-state index contributed by atoms with van der Waals surface area (Å²) in [7, 11) is 0. The third kappa shape index (κ3) is 3.71. The van der Waals surface area contributed by atoms with Gasteiger partial charge in [-0.15, -0.1) is 0 Å². The van der Waals surface area contributed by atoms with Crippen molar-refractivity contribution < 1.29 is 0 Å². The van der Waals surface area contributed by atoms with Crippen molar-refractivity contribution in [2.24, 2.45) is 5.92 Å². The van der Waals surface area contributed by atoms with Crippen molar-refractivity contribution in [3.8, 4) is 0 Å². The monoisotopic (exact) mass is 252 g/mol. The molecule has 0 bridgehead atoms. The summed E-state index contributed by atoms with van der Waals surface area (Å²) in [6.07, 6.45) is 11.4. The Bertz CT molecular complexity index is 229. The molecule has 1 N–H and O–H groups in total. The number of likely N-dealkylation sites (tertiary alicyclic amines) is 1. The molecule has 0 aromatic carbocycles. The number of rotatable bonds is 7. The van der Waals surface area contributed by atoms with Gasteiger partial charge in [-0.2, -0.15) is 0 Å². The molecule has 2 nitrogen and oxygen atoms in total. The van der Waals surface area contributed by atoms with Crippen molar-refractivity contribution in [3.05, 3.63) is 0 Å². The molecule has 3 atom stereocenters. The predicted octanol–water partition coefficient (Wildman–Crippen LogP) is 3.42. The van der Waals surface area contributed by atoms with Crippen LogP contribution < -0.4 is 5.32 Å². The lowest BCUT2D eigenvalue weighted by Gasteiger charge is -2.41. The number of hydrogen-bond acceptors (Lipinski definition) is 2. The second kappa shape index (κ2) is 7.49. The Morgan fingerprint density at radius 1 is 1.17 bits per heavy atom. The van der Waals surface area contributed by atoms with Crippen molar-refractivity contribution in [1.29, 1.82) is 0 Å². The molecule has 0 aromatic rings. The van der Waals surface area contributed by atoms with E-state index in [1.807, 2.05) is 0 Å². The number of hydrogen-bond donors (Lipinski definition) is 1. The molecule has 1 aliphatic carbocycles. The van der Waals surface area contributed by atoms with Crippen molar-refractivity contribution in [2.45, 2.75) is 77.3 Å². The molecule has 3 unspecified atom stereocenters. The van der Waals surface area contributed by atoms with Gasteiger partial charge in [-0.3, -0.25) is 4.90 Å². The highest BCUT2D eigenvalue weighted by molar-refractivity contribution is 4.91. The Labute approximate surface area is 114 Å². The maximum absolute atomic E-state index is 3.66. The van der Waals surface area contributed by atoms with Crippen LogP contribution in [0.2, 0.25) is 0 Å². The van der Waals surface area contributed by atoms with Gasteiger partial charge in [0.25, 0.3) is 0 Å². The summed E-state index contributed by atoms with van der Waals surface area (Å²) < 4.78 is 0. The first kappa shape index (κ1) is 14.3. The Morgan fingerprint density at radius 2 is 2.00 bits per heavy atom. The average Bonchev–Trinajstić information content (AvgIpc) is 2.86. The van der Waals surface area contributed by atoms with E-state index in [2.05, 4.69) is 24.1 Å². The van der Waals surface area contributed by atoms with Gasteiger partial charge in [0.05, 0.1) is 0 Å². The molecular formula is C16H32N2. The van der Waals surface area contributed by atoms with Crippen LogP contribution in [0.4, 0.5) is 0 Å². The van der Waals surface area contributed by atoms with E-state index in [1.54, 1.807) is 0 Å². The van der Waals surface area contributed by atoms with E-state index in [-0.39, 0.29) is 0 Å². The summed E-state index contributed by atoms with van der Waals surface area (Å²) in [6, 6.07) is 1.66. The maximum atomic E-state index is 3.66. The van der Waals surface area contributed by atoms with Crippen LogP contribution in [0.3, 0.4) is 0 Å². The third-order valence-corrected chi connectivity index (χ3v) is 5.00. The number of unbranched alkanes of at least 4 members (excludes halogenated alkanes) is 2. The van der Waals surface area contributed by atoms with Gasteiger partial charge in [-0.1, -0.05) is 26.2 Å². The van der Waals surface area contributed by atoms with Gasteiger partial charge >= 0.3 is 0 Å². The normalized spacial score (nSPS) is 30.3. The van der Waals surface area contributed by atoms with Gasteiger partial charge in [0.1, 0.15) is 0 Å². The minimum absolute atomic E-state index is 0.734. The predicted molar refractivity (Wildman–Crippen MR) is 78.9 cm³/mol. The molecule has 106 valence electrons. The molecule has 1 aliphatic heterocycles. The molecule has 0 amide bonds. The smallest absolute Gasteiger partial charge is 0.0195 e. The highest BCUT2D eigenvalue weighted by Crippen LogP contribution is 2.37. The molecule has 1 heterocycles. The quantitative estimate of drug-likeness (QED) is 0.698. The van der Waals surface area contributed by atoms with E-state index < -0.39 is 0 Å². The second-order valence-corrected chi connectivity index (χ2v) is 6.40. The minimum Gasteiger partial charge on any atom is -0.315 e. The van der Waals surface area contributed by atoms with Crippen molar-refractivity contribution in [1.82, 2.24) is 10.2 Å². The van der Waals surface area contributed by atoms with Gasteiger partial charge < -0.3 is 5.32 Å². The second-order valence-electron chi connectivity index (χ2n) is 6.40. The number of nitrogens with zero attached hydrogens (tertiary/aromatic N) is 1. The number of nitrogens with one attached hydrogen (secondary N) is 1. The molecule has 0 aromatic heterocycles. The summed E-state index contributed by atoms with van der Waals surface area (Å²) in [5, 5.41) is 3.66. The van der Waals surface area contributed by atoms with Crippen LogP contribution in [0.25, 0.3) is 0 Å². The Kier molecular flexibility index (Phi) is 5.97. The molecule has 1 saturated carbocycles. The van der Waals surface area contributed by atoms with E-state index in [1.165, 1.54) is 71.0 Å². The molecule has 18 heavy (non-hydrogen) atoms. The standard InChI is InChI=1S/C16H32N2/c1-3-4-5-11-17-13-14(2)18-12-7-9-15-8-6-10-16(15)18/h14-17H,3-13H2,1-2H3. The summed E-state index contributed by atoms with van der Waals surface area (Å²) in [5.41, 5.74) is 0. The van der Waals surface area contributed by atoms with Gasteiger partial charge in [-0.25, -0.2) is 0 Å². The van der Waals surface area contributed by atoms with Gasteiger partial charge in [0.2, 0.25) is 0 Å². The topological polar surface area (TPSA) is 15.3 Å². The van der Waals surface area contributed by atoms with E-state index >= 15 is 0 Å². The molecule has 2 aliphatic rings. The van der Waals surface area contributed by atoms with Crippen molar-refractivity contribution in [3.63, 3.8) is 0 Å². The van der Waals surface area contributed by atoms with Gasteiger partial charge in [0, 0.05) is 18.6 Å². The van der Waals surface area contributed by atoms with Crippen LogP contribution >= 0.6 is 0 Å². The fourth-order valence-electron chi connectivity index (χ4n) is 3.97. The number of piperidine rings is 1. The lowest BCUT2D eigenvalue weighted by atomic mass is 9.91. The zero-order valence-electron chi connectivity index (χ0n) is 12.5. The van der Waals surface area contributed by atoms with Crippen LogP contribution in [0, 0.1) is 5.92 Å². The summed E-state index contributed by atoms with van der Waals surface area (Å²) in [5.74, 6) is 1.03. The molecule has 2 rings (SSSR count). The zero-order valence-corrected chi connectivity index (χ0v) is 12.5. The van der Waals surface area contributed by atoms with E-state index in [0.29, 0.717) is 0 Å². The van der Waals surface area contributed by atoms with Crippen molar-refractivity contribution >= 4 is 0 Å². The van der Waals surface area contributed by atoms with Crippen LogP contribution in [-0.2, 0) is 0 Å². The van der Waals surface area contributed by atoms with Crippen LogP contribution in [0.5, 0.6) is 0 Å². The molecule has 2 fully saturated rings. The van der Waals surface area contributed by atoms with E-state index in [4.69, 9.17) is 0 Å². The number of fused-ring (bicyclic) bond motifs is 1.